The van der Waals surface area contributed by atoms with Gasteiger partial charge < -0.3 is 19.8 Å². The Labute approximate surface area is 165 Å². The summed E-state index contributed by atoms with van der Waals surface area (Å²) in [4.78, 5) is 28.4. The van der Waals surface area contributed by atoms with E-state index in [1.807, 2.05) is 29.2 Å². The number of carbonyl (C=O) groups is 1. The van der Waals surface area contributed by atoms with Crippen LogP contribution in [-0.2, 0) is 9.53 Å². The van der Waals surface area contributed by atoms with Gasteiger partial charge in [-0.25, -0.2) is 4.98 Å². The quantitative estimate of drug-likeness (QED) is 0.659. The summed E-state index contributed by atoms with van der Waals surface area (Å²) in [7, 11) is 0. The lowest BCUT2D eigenvalue weighted by Gasteiger charge is -2.32. The molecule has 1 fully saturated rings. The summed E-state index contributed by atoms with van der Waals surface area (Å²) in [6.45, 7) is 1.92. The maximum atomic E-state index is 13.0. The molecule has 1 aromatic heterocycles. The van der Waals surface area contributed by atoms with Crippen molar-refractivity contribution in [1.82, 2.24) is 15.2 Å². The number of fused-ring (bicyclic) bond motifs is 1. The molecule has 0 radical (unpaired) electrons. The third-order valence-electron chi connectivity index (χ3n) is 4.52. The van der Waals surface area contributed by atoms with Crippen LogP contribution >= 0.6 is 11.3 Å². The third-order valence-corrected chi connectivity index (χ3v) is 5.62. The zero-order chi connectivity index (χ0) is 19.5. The highest BCUT2D eigenvalue weighted by atomic mass is 32.1. The highest BCUT2D eigenvalue weighted by molar-refractivity contribution is 7.18. The molecule has 10 heteroatoms. The van der Waals surface area contributed by atoms with E-state index < -0.39 is 18.6 Å². The lowest BCUT2D eigenvalue weighted by Crippen LogP contribution is -2.53. The number of rotatable bonds is 4. The van der Waals surface area contributed by atoms with Crippen LogP contribution < -0.4 is 5.32 Å². The van der Waals surface area contributed by atoms with Crippen LogP contribution in [0.1, 0.15) is 10.9 Å². The molecule has 0 saturated carbocycles. The van der Waals surface area contributed by atoms with Gasteiger partial charge in [0.25, 0.3) is 0 Å². The van der Waals surface area contributed by atoms with Gasteiger partial charge in [-0.3, -0.25) is 15.1 Å². The van der Waals surface area contributed by atoms with Gasteiger partial charge in [0.15, 0.2) is 0 Å². The molecule has 0 spiro atoms. The zero-order valence-electron chi connectivity index (χ0n) is 15.1. The Balaban J connectivity index is 1.70. The van der Waals surface area contributed by atoms with Gasteiger partial charge in [0.05, 0.1) is 42.7 Å². The summed E-state index contributed by atoms with van der Waals surface area (Å²) in [5.41, 5.74) is 0.813. The number of aromatic nitrogens is 1. The first-order chi connectivity index (χ1) is 13.7. The zero-order valence-corrected chi connectivity index (χ0v) is 15.9. The van der Waals surface area contributed by atoms with Crippen LogP contribution in [0.4, 0.5) is 0 Å². The van der Waals surface area contributed by atoms with E-state index in [-0.39, 0.29) is 18.3 Å². The van der Waals surface area contributed by atoms with Crippen molar-refractivity contribution in [2.75, 3.05) is 39.5 Å². The van der Waals surface area contributed by atoms with Crippen LogP contribution in [0, 0.1) is 0 Å². The predicted octanol–water partition coefficient (Wildman–Crippen LogP) is -0.0504. The van der Waals surface area contributed by atoms with Crippen molar-refractivity contribution >= 4 is 39.3 Å². The van der Waals surface area contributed by atoms with Gasteiger partial charge in [0.2, 0.25) is 11.9 Å². The van der Waals surface area contributed by atoms with Crippen LogP contribution in [-0.4, -0.2) is 83.4 Å². The van der Waals surface area contributed by atoms with Gasteiger partial charge in [0, 0.05) is 13.1 Å². The fraction of sp³-hybridized carbons (Fsp3) is 0.444. The number of morpholine rings is 1. The molecule has 1 amide bonds. The Morgan fingerprint density at radius 2 is 2.14 bits per heavy atom. The van der Waals surface area contributed by atoms with Gasteiger partial charge >= 0.3 is 0 Å². The lowest BCUT2D eigenvalue weighted by molar-refractivity contribution is -0.120. The van der Waals surface area contributed by atoms with E-state index in [4.69, 9.17) is 9.84 Å². The monoisotopic (exact) mass is 403 g/mol. The number of aliphatic imine (C=N–C) groups is 2. The minimum absolute atomic E-state index is 0.0413. The topological polar surface area (TPSA) is 120 Å². The summed E-state index contributed by atoms with van der Waals surface area (Å²) < 4.78 is 6.33. The number of guanidine groups is 1. The van der Waals surface area contributed by atoms with E-state index in [9.17, 15) is 9.90 Å². The van der Waals surface area contributed by atoms with Crippen molar-refractivity contribution in [2.45, 2.75) is 12.0 Å². The SMILES string of the molecule is O=C1NC(N2CCOCC2)=NC(=NCC(O)CO)C1c1nc2ccccc2s1. The van der Waals surface area contributed by atoms with E-state index in [0.717, 1.165) is 10.2 Å². The summed E-state index contributed by atoms with van der Waals surface area (Å²) >= 11 is 1.42. The van der Waals surface area contributed by atoms with Crippen LogP contribution in [0.3, 0.4) is 0 Å². The van der Waals surface area contributed by atoms with Crippen molar-refractivity contribution in [3.05, 3.63) is 29.3 Å². The summed E-state index contributed by atoms with van der Waals surface area (Å²) in [5.74, 6) is -0.291. The number of thiazole rings is 1. The molecule has 1 aromatic carbocycles. The molecule has 2 unspecified atom stereocenters. The summed E-state index contributed by atoms with van der Waals surface area (Å²) in [5, 5.41) is 22.2. The van der Waals surface area contributed by atoms with E-state index >= 15 is 0 Å². The fourth-order valence-corrected chi connectivity index (χ4v) is 4.11. The third kappa shape index (κ3) is 3.90. The number of hydrogen-bond donors (Lipinski definition) is 3. The molecular weight excluding hydrogens is 382 g/mol. The van der Waals surface area contributed by atoms with Gasteiger partial charge in [0.1, 0.15) is 16.8 Å². The number of nitrogens with one attached hydrogen (secondary N) is 1. The number of carbonyl (C=O) groups excluding carboxylic acids is 1. The Kier molecular flexibility index (Phi) is 5.62. The number of nitrogens with zero attached hydrogens (tertiary/aromatic N) is 4. The first-order valence-electron chi connectivity index (χ1n) is 9.06. The van der Waals surface area contributed by atoms with Crippen LogP contribution in [0.5, 0.6) is 0 Å². The second kappa shape index (κ2) is 8.31. The van der Waals surface area contributed by atoms with Gasteiger partial charge in [-0.15, -0.1) is 11.3 Å². The predicted molar refractivity (Wildman–Crippen MR) is 106 cm³/mol. The summed E-state index contributed by atoms with van der Waals surface area (Å²) in [6.07, 6.45) is -1.00. The number of benzene rings is 1. The molecule has 2 aliphatic heterocycles. The van der Waals surface area contributed by atoms with Crippen molar-refractivity contribution in [3.63, 3.8) is 0 Å². The number of aliphatic hydroxyl groups excluding tert-OH is 2. The van der Waals surface area contributed by atoms with Gasteiger partial charge in [-0.1, -0.05) is 12.1 Å². The number of hydrogen-bond acceptors (Lipinski definition) is 8. The van der Waals surface area contributed by atoms with Crippen molar-refractivity contribution in [3.8, 4) is 0 Å². The van der Waals surface area contributed by atoms with E-state index in [2.05, 4.69) is 20.3 Å². The lowest BCUT2D eigenvalue weighted by atomic mass is 10.1. The Morgan fingerprint density at radius 1 is 1.36 bits per heavy atom. The molecule has 0 aliphatic carbocycles. The molecule has 0 bridgehead atoms. The second-order valence-corrected chi connectivity index (χ2v) is 7.57. The van der Waals surface area contributed by atoms with Gasteiger partial charge in [-0.05, 0) is 12.1 Å². The number of amidine groups is 1. The minimum Gasteiger partial charge on any atom is -0.394 e. The first kappa shape index (κ1) is 18.9. The Hall–Kier alpha value is -2.40. The highest BCUT2D eigenvalue weighted by Gasteiger charge is 2.36. The van der Waals surface area contributed by atoms with E-state index in [0.29, 0.717) is 37.3 Å². The number of amides is 1. The molecule has 148 valence electrons. The number of ether oxygens (including phenoxy) is 1. The van der Waals surface area contributed by atoms with Crippen LogP contribution in [0.25, 0.3) is 10.2 Å². The number of para-hydroxylation sites is 1. The average Bonchev–Trinajstić information content (AvgIpc) is 3.15. The Bertz CT molecular complexity index is 889. The molecule has 28 heavy (non-hydrogen) atoms. The normalized spacial score (nSPS) is 23.0. The van der Waals surface area contributed by atoms with Gasteiger partial charge in [-0.2, -0.15) is 4.99 Å². The molecular formula is C18H21N5O4S. The van der Waals surface area contributed by atoms with Crippen molar-refractivity contribution < 1.29 is 19.7 Å². The largest absolute Gasteiger partial charge is 0.394 e. The molecule has 1 saturated heterocycles. The molecule has 9 nitrogen and oxygen atoms in total. The maximum absolute atomic E-state index is 13.0. The van der Waals surface area contributed by atoms with Crippen molar-refractivity contribution in [1.29, 1.82) is 0 Å². The van der Waals surface area contributed by atoms with E-state index in [1.54, 1.807) is 0 Å². The molecule has 4 rings (SSSR count). The second-order valence-electron chi connectivity index (χ2n) is 6.51. The Morgan fingerprint density at radius 3 is 2.89 bits per heavy atom. The highest BCUT2D eigenvalue weighted by Crippen LogP contribution is 2.30. The molecule has 2 aromatic rings. The molecule has 3 N–H and O–H groups in total. The standard InChI is InChI=1S/C18H21N5O4S/c24-10-11(25)9-19-15-14(17-20-12-3-1-2-4-13(12)28-17)16(26)22-18(21-15)23-5-7-27-8-6-23/h1-4,11,14,24-25H,5-10H2,(H,19,21,22,26). The fourth-order valence-electron chi connectivity index (χ4n) is 3.04. The minimum atomic E-state index is -1.00. The molecule has 2 atom stereocenters. The first-order valence-corrected chi connectivity index (χ1v) is 9.88. The van der Waals surface area contributed by atoms with Crippen LogP contribution in [0.2, 0.25) is 0 Å². The molecule has 3 heterocycles. The number of aliphatic hydroxyl groups is 2. The average molecular weight is 403 g/mol. The maximum Gasteiger partial charge on any atom is 0.244 e. The summed E-state index contributed by atoms with van der Waals surface area (Å²) in [6, 6.07) is 7.66. The van der Waals surface area contributed by atoms with Crippen molar-refractivity contribution in [2.24, 2.45) is 9.98 Å². The molecule has 2 aliphatic rings. The van der Waals surface area contributed by atoms with E-state index in [1.165, 1.54) is 11.3 Å². The smallest absolute Gasteiger partial charge is 0.244 e. The van der Waals surface area contributed by atoms with Crippen LogP contribution in [0.15, 0.2) is 34.3 Å².